The highest BCUT2D eigenvalue weighted by molar-refractivity contribution is 9.11. The zero-order valence-electron chi connectivity index (χ0n) is 76.6. The minimum Gasteiger partial charge on any atom is -0.309 e. The van der Waals surface area contributed by atoms with Gasteiger partial charge in [-0.1, -0.05) is 440 Å². The zero-order valence-corrected chi connectivity index (χ0v) is 85.8. The van der Waals surface area contributed by atoms with Crippen LogP contribution >= 0.6 is 76.2 Å². The van der Waals surface area contributed by atoms with Crippen LogP contribution in [-0.2, 0) is 0 Å². The Labute approximate surface area is 867 Å². The molecule has 0 fully saturated rings. The van der Waals surface area contributed by atoms with Crippen LogP contribution < -0.4 is 46.8 Å². The summed E-state index contributed by atoms with van der Waals surface area (Å²) in [6.07, 6.45) is 7.44. The van der Waals surface area contributed by atoms with Gasteiger partial charge in [-0.25, -0.2) is 0 Å². The first-order valence-corrected chi connectivity index (χ1v) is 59.4. The van der Waals surface area contributed by atoms with Crippen molar-refractivity contribution in [2.75, 3.05) is 0 Å². The Hall–Kier alpha value is -14.8. The third kappa shape index (κ3) is 15.6. The number of aromatic nitrogens is 3. The van der Waals surface area contributed by atoms with Gasteiger partial charge in [0.1, 0.15) is 17.5 Å². The van der Waals surface area contributed by atoms with Crippen molar-refractivity contribution in [3.05, 3.63) is 523 Å². The summed E-state index contributed by atoms with van der Waals surface area (Å²) in [7, 11) is -3.11. The molecular formula is C131H88Br2Cl4N3Si3+. The Morgan fingerprint density at radius 3 is 0.769 bits per heavy atom. The Balaban J connectivity index is 0.000000112. The van der Waals surface area contributed by atoms with Gasteiger partial charge in [-0.2, -0.15) is 0 Å². The van der Waals surface area contributed by atoms with Crippen LogP contribution in [0.4, 0.5) is 0 Å². The number of rotatable bonds is 11. The standard InChI is InChI=1S/C60H38N2Si.C20H11BrN.2C20H14Cl2Si.C10H7Br.CH4/c1-3-19-49-39(11-1)13-9-25-55(49)63(56-26-10-14-40-12-2-4-20-50(40)56,47-35-31-45(32-36-47)61-51-21-5-15-41-27-28-42-16-6-22-52(61)58(42)57(41)51)48-37-33-46(34-38-48)62-53-23-7-17-43-29-30-44-18-8-24-54(62)60(44)59(43)53;21-15-9-11-16(12-10-15)22-17-5-1-3-13-7-8-14-4-2-6-18(22)20(14)19(13)17;2*21-23(22,19-13-5-9-15-7-1-3-11-17(15)19)20-14-6-10-16-8-2-4-12-18(16)20;11-10-7-3-5-8-4-1-2-6-9(8)10;/h1-38H;1,3-12H;2*1-14H;1-7H;1H4/q;+1;;;;. The van der Waals surface area contributed by atoms with Gasteiger partial charge < -0.3 is 9.13 Å². The predicted octanol–water partition coefficient (Wildman–Crippen LogP) is 31.9. The molecule has 1 aliphatic rings. The Bertz CT molecular complexity index is 9110. The molecule has 0 saturated heterocycles. The maximum absolute atomic E-state index is 7.05. The minimum atomic E-state index is -3.11. The molecule has 3 nitrogen and oxygen atoms in total. The number of allylic oxidation sites excluding steroid dienone is 1. The number of halogens is 6. The first-order valence-electron chi connectivity index (χ1n) is 47.7. The summed E-state index contributed by atoms with van der Waals surface area (Å²) in [6.45, 7) is -5.68. The van der Waals surface area contributed by atoms with Crippen LogP contribution in [0.25, 0.3) is 191 Å². The van der Waals surface area contributed by atoms with Gasteiger partial charge in [-0.3, -0.25) is 4.57 Å². The molecule has 0 bridgehead atoms. The number of hydrogen-bond donors (Lipinski definition) is 0. The summed E-state index contributed by atoms with van der Waals surface area (Å²) >= 11 is 35.2. The van der Waals surface area contributed by atoms with E-state index in [9.17, 15) is 0 Å². The lowest BCUT2D eigenvalue weighted by molar-refractivity contribution is 1.08. The Morgan fingerprint density at radius 1 is 0.203 bits per heavy atom. The summed E-state index contributed by atoms with van der Waals surface area (Å²) in [4.78, 5) is 0. The maximum atomic E-state index is 7.05. The highest BCUT2D eigenvalue weighted by atomic mass is 79.9. The molecule has 143 heavy (non-hydrogen) atoms. The fraction of sp³-hybridized carbons (Fsp3) is 0.00763. The Kier molecular flexibility index (Phi) is 23.8. The van der Waals surface area contributed by atoms with Crippen molar-refractivity contribution in [2.24, 2.45) is 0 Å². The highest BCUT2D eigenvalue weighted by Gasteiger charge is 2.45. The monoisotopic (exact) mass is 2080 g/mol. The van der Waals surface area contributed by atoms with Crippen molar-refractivity contribution >= 4 is 314 Å². The van der Waals surface area contributed by atoms with Crippen molar-refractivity contribution in [2.45, 2.75) is 7.43 Å². The van der Waals surface area contributed by atoms with Crippen molar-refractivity contribution in [1.29, 1.82) is 0 Å². The van der Waals surface area contributed by atoms with Crippen molar-refractivity contribution in [1.82, 2.24) is 13.7 Å². The topological polar surface area (TPSA) is 14.8 Å². The molecule has 0 unspecified atom stereocenters. The molecule has 3 heterocycles. The summed E-state index contributed by atoms with van der Waals surface area (Å²) in [6, 6.07) is 179. The lowest BCUT2D eigenvalue weighted by Crippen LogP contribution is -2.75. The van der Waals surface area contributed by atoms with E-state index in [4.69, 9.17) is 44.3 Å². The highest BCUT2D eigenvalue weighted by Crippen LogP contribution is 2.43. The van der Waals surface area contributed by atoms with E-state index in [1.165, 1.54) is 189 Å². The van der Waals surface area contributed by atoms with Crippen LogP contribution in [0.15, 0.2) is 506 Å². The molecular weight excluding hydrogens is 2000 g/mol. The van der Waals surface area contributed by atoms with E-state index >= 15 is 0 Å². The molecule has 1 aliphatic carbocycles. The number of nitrogens with zero attached hydrogens (tertiary/aromatic N) is 3. The van der Waals surface area contributed by atoms with E-state index in [0.29, 0.717) is 0 Å². The SMILES string of the molecule is Brc1ccc(-n2c3c4c(ccc5cccc2c54)C=[C+]C=3)cc1.Brc1cccc2ccccc12.C.Cl[Si](Cl)(c1cccc2ccccc12)c1cccc2ccccc12.Cl[Si](Cl)(c1cccc2ccccc12)c1cccc2ccccc12.c1ccc2c([Si](c3ccc(-n4c5cccc6ccc7cccc4c7c65)cc3)(c3ccc(-n4c5cccc6ccc7cccc4c7c65)cc3)c3cccc4ccccc34)cccc2c1. The molecule has 12 heteroatoms. The molecule has 0 aliphatic heterocycles. The predicted molar refractivity (Wildman–Crippen MR) is 635 cm³/mol. The van der Waals surface area contributed by atoms with Crippen LogP contribution in [0.5, 0.6) is 0 Å². The molecule has 0 radical (unpaired) electrons. The largest absolute Gasteiger partial charge is 0.311 e. The molecule has 0 amide bonds. The fourth-order valence-electron chi connectivity index (χ4n) is 22.4. The van der Waals surface area contributed by atoms with Crippen molar-refractivity contribution in [3.63, 3.8) is 0 Å². The average Bonchev–Trinajstić information content (AvgIpc) is 1.22. The molecule has 0 saturated carbocycles. The molecule has 3 aromatic heterocycles. The Morgan fingerprint density at radius 2 is 0.441 bits per heavy atom. The van der Waals surface area contributed by atoms with Crippen LogP contribution in [0.3, 0.4) is 0 Å². The lowest BCUT2D eigenvalue weighted by Gasteiger charge is -2.36. The van der Waals surface area contributed by atoms with Crippen LogP contribution in [-0.4, -0.2) is 35.2 Å². The van der Waals surface area contributed by atoms with Crippen LogP contribution in [0.2, 0.25) is 0 Å². The van der Waals surface area contributed by atoms with Gasteiger partial charge >= 0.3 is 13.4 Å². The van der Waals surface area contributed by atoms with Crippen molar-refractivity contribution < 1.29 is 0 Å². The van der Waals surface area contributed by atoms with Gasteiger partial charge in [0.2, 0.25) is 0 Å². The zero-order chi connectivity index (χ0) is 95.3. The minimum absolute atomic E-state index is 0. The molecule has 0 N–H and O–H groups in total. The molecule has 680 valence electrons. The van der Waals surface area contributed by atoms with Gasteiger partial charge in [0.05, 0.1) is 38.8 Å². The molecule has 0 spiro atoms. The van der Waals surface area contributed by atoms with Crippen LogP contribution in [0.1, 0.15) is 13.0 Å². The quantitative estimate of drug-likeness (QED) is 0.0403. The average molecular weight is 2090 g/mol. The van der Waals surface area contributed by atoms with Gasteiger partial charge in [0, 0.05) is 59.4 Å². The lowest BCUT2D eigenvalue weighted by atomic mass is 10.00. The third-order valence-electron chi connectivity index (χ3n) is 28.7. The smallest absolute Gasteiger partial charge is 0.309 e. The molecule has 0 atom stereocenters. The summed E-state index contributed by atoms with van der Waals surface area (Å²) in [5.41, 5.74) is 11.0. The van der Waals surface area contributed by atoms with E-state index in [1.54, 1.807) is 0 Å². The van der Waals surface area contributed by atoms with E-state index in [1.807, 2.05) is 84.9 Å². The third-order valence-corrected chi connectivity index (χ3v) is 44.2. The second-order valence-corrected chi connectivity index (χ2v) is 54.4. The first kappa shape index (κ1) is 90.7. The van der Waals surface area contributed by atoms with E-state index in [2.05, 4.69) is 476 Å². The fourth-order valence-corrected chi connectivity index (χ4v) is 36.4. The van der Waals surface area contributed by atoms with E-state index in [-0.39, 0.29) is 7.43 Å². The van der Waals surface area contributed by atoms with Gasteiger partial charge in [0.25, 0.3) is 0 Å². The summed E-state index contributed by atoms with van der Waals surface area (Å²) in [5.74, 6) is 0. The second-order valence-electron chi connectivity index (χ2n) is 36.5. The summed E-state index contributed by atoms with van der Waals surface area (Å²) < 4.78 is 9.52. The number of benzene rings is 25. The molecule has 28 aromatic rings. The second kappa shape index (κ2) is 37.6. The summed E-state index contributed by atoms with van der Waals surface area (Å²) in [5, 5.41) is 42.2. The molecule has 29 rings (SSSR count). The van der Waals surface area contributed by atoms with Crippen LogP contribution in [0, 0.1) is 6.08 Å². The first-order chi connectivity index (χ1) is 69.8. The number of hydrogen-bond acceptors (Lipinski definition) is 0. The van der Waals surface area contributed by atoms with E-state index < -0.39 is 21.5 Å². The van der Waals surface area contributed by atoms with Gasteiger partial charge in [-0.15, -0.1) is 44.3 Å². The van der Waals surface area contributed by atoms with E-state index in [0.717, 1.165) is 51.2 Å². The maximum Gasteiger partial charge on any atom is 0.311 e. The molecule has 25 aromatic carbocycles. The van der Waals surface area contributed by atoms with Gasteiger partial charge in [-0.05, 0) is 235 Å². The van der Waals surface area contributed by atoms with Crippen molar-refractivity contribution in [3.8, 4) is 17.1 Å². The normalized spacial score (nSPS) is 12.0. The van der Waals surface area contributed by atoms with Gasteiger partial charge in [0.15, 0.2) is 13.4 Å². The number of fused-ring (bicyclic) bond motifs is 7.